The summed E-state index contributed by atoms with van der Waals surface area (Å²) in [4.78, 5) is 24.5. The van der Waals surface area contributed by atoms with Gasteiger partial charge in [0.1, 0.15) is 6.10 Å². The number of rotatable bonds is 6. The van der Waals surface area contributed by atoms with Crippen LogP contribution in [0.2, 0.25) is 0 Å². The number of fused-ring (bicyclic) bond motifs is 5. The Bertz CT molecular complexity index is 783. The maximum Gasteiger partial charge on any atom is 0.302 e. The molecule has 0 bridgehead atoms. The Labute approximate surface area is 202 Å². The van der Waals surface area contributed by atoms with Crippen LogP contribution in [0.4, 0.5) is 0 Å². The second-order valence-electron chi connectivity index (χ2n) is 13.3. The first-order valence-electron chi connectivity index (χ1n) is 13.9. The molecule has 0 N–H and O–H groups in total. The zero-order valence-corrected chi connectivity index (χ0v) is 22.2. The lowest BCUT2D eigenvalue weighted by Crippen LogP contribution is -2.59. The van der Waals surface area contributed by atoms with Gasteiger partial charge in [-0.05, 0) is 90.4 Å². The fourth-order valence-electron chi connectivity index (χ4n) is 9.08. The lowest BCUT2D eigenvalue weighted by molar-refractivity contribution is -0.184. The van der Waals surface area contributed by atoms with Gasteiger partial charge in [-0.15, -0.1) is 0 Å². The maximum absolute atomic E-state index is 12.3. The van der Waals surface area contributed by atoms with Gasteiger partial charge in [-0.1, -0.05) is 60.5 Å². The SMILES string of the molecule is CC(=O)O[C@@H]1C[C@]2(C)[C@H](CC[C@@H]2[C@H](C)CC[C@H](C)C(C)C)[C@@H]2CC[C@H]3CC(=O)C=C[C@@]3(C)[C@H]21. The summed E-state index contributed by atoms with van der Waals surface area (Å²) in [6.07, 6.45) is 13.3. The molecule has 186 valence electrons. The first kappa shape index (κ1) is 25.0. The van der Waals surface area contributed by atoms with Crippen LogP contribution in [0.5, 0.6) is 0 Å². The molecule has 0 amide bonds. The van der Waals surface area contributed by atoms with Crippen LogP contribution in [-0.4, -0.2) is 17.9 Å². The monoisotopic (exact) mass is 456 g/mol. The topological polar surface area (TPSA) is 43.4 Å². The van der Waals surface area contributed by atoms with Crippen molar-refractivity contribution in [1.82, 2.24) is 0 Å². The molecule has 3 heteroatoms. The summed E-state index contributed by atoms with van der Waals surface area (Å²) < 4.78 is 6.18. The molecule has 33 heavy (non-hydrogen) atoms. The van der Waals surface area contributed by atoms with Crippen molar-refractivity contribution in [3.8, 4) is 0 Å². The molecule has 10 atom stereocenters. The second kappa shape index (κ2) is 9.15. The van der Waals surface area contributed by atoms with E-state index in [2.05, 4.69) is 47.6 Å². The Morgan fingerprint density at radius 1 is 1.09 bits per heavy atom. The molecule has 0 aromatic rings. The van der Waals surface area contributed by atoms with Crippen molar-refractivity contribution in [3.63, 3.8) is 0 Å². The number of ether oxygens (including phenoxy) is 1. The molecule has 4 rings (SSSR count). The summed E-state index contributed by atoms with van der Waals surface area (Å²) in [5.41, 5.74) is 0.216. The quantitative estimate of drug-likeness (QED) is 0.396. The van der Waals surface area contributed by atoms with Gasteiger partial charge in [0, 0.05) is 19.3 Å². The summed E-state index contributed by atoms with van der Waals surface area (Å²) >= 11 is 0. The first-order chi connectivity index (χ1) is 15.5. The number of carbonyl (C=O) groups is 2. The van der Waals surface area contributed by atoms with Crippen LogP contribution in [0.1, 0.15) is 99.8 Å². The summed E-state index contributed by atoms with van der Waals surface area (Å²) in [7, 11) is 0. The van der Waals surface area contributed by atoms with E-state index in [1.807, 2.05) is 6.08 Å². The fourth-order valence-corrected chi connectivity index (χ4v) is 9.08. The molecule has 0 spiro atoms. The zero-order chi connectivity index (χ0) is 24.1. The number of carbonyl (C=O) groups excluding carboxylic acids is 2. The third-order valence-corrected chi connectivity index (χ3v) is 11.2. The molecule has 0 unspecified atom stereocenters. The molecule has 4 aliphatic carbocycles. The lowest BCUT2D eigenvalue weighted by Gasteiger charge is -2.61. The van der Waals surface area contributed by atoms with Crippen molar-refractivity contribution in [2.24, 2.45) is 58.2 Å². The van der Waals surface area contributed by atoms with E-state index in [1.165, 1.54) is 32.1 Å². The van der Waals surface area contributed by atoms with E-state index in [4.69, 9.17) is 4.74 Å². The molecule has 0 aromatic heterocycles. The van der Waals surface area contributed by atoms with Crippen molar-refractivity contribution in [3.05, 3.63) is 12.2 Å². The highest BCUT2D eigenvalue weighted by Crippen LogP contribution is 2.68. The first-order valence-corrected chi connectivity index (χ1v) is 13.9. The zero-order valence-electron chi connectivity index (χ0n) is 22.2. The third kappa shape index (κ3) is 4.36. The van der Waals surface area contributed by atoms with E-state index in [1.54, 1.807) is 6.92 Å². The molecule has 3 nitrogen and oxygen atoms in total. The van der Waals surface area contributed by atoms with Gasteiger partial charge in [0.05, 0.1) is 0 Å². The Morgan fingerprint density at radius 2 is 1.82 bits per heavy atom. The number of hydrogen-bond donors (Lipinski definition) is 0. The number of allylic oxidation sites excluding steroid dienone is 2. The second-order valence-corrected chi connectivity index (χ2v) is 13.3. The molecule has 3 fully saturated rings. The van der Waals surface area contributed by atoms with Crippen LogP contribution in [0, 0.1) is 58.2 Å². The van der Waals surface area contributed by atoms with Gasteiger partial charge < -0.3 is 4.74 Å². The van der Waals surface area contributed by atoms with E-state index in [9.17, 15) is 9.59 Å². The maximum atomic E-state index is 12.3. The highest BCUT2D eigenvalue weighted by Gasteiger charge is 2.63. The molecular formula is C30H48O3. The van der Waals surface area contributed by atoms with Gasteiger partial charge in [0.25, 0.3) is 0 Å². The number of hydrogen-bond acceptors (Lipinski definition) is 3. The summed E-state index contributed by atoms with van der Waals surface area (Å²) in [6.45, 7) is 16.1. The van der Waals surface area contributed by atoms with Gasteiger partial charge in [0.2, 0.25) is 0 Å². The normalized spacial score (nSPS) is 44.1. The molecule has 3 saturated carbocycles. The Balaban J connectivity index is 1.61. The van der Waals surface area contributed by atoms with E-state index < -0.39 is 0 Å². The Morgan fingerprint density at radius 3 is 2.48 bits per heavy atom. The lowest BCUT2D eigenvalue weighted by atomic mass is 9.44. The average molecular weight is 457 g/mol. The minimum Gasteiger partial charge on any atom is -0.462 e. The Kier molecular flexibility index (Phi) is 6.93. The molecule has 4 aliphatic rings. The molecule has 0 aliphatic heterocycles. The minimum atomic E-state index is -0.143. The fraction of sp³-hybridized carbons (Fsp3) is 0.867. The van der Waals surface area contributed by atoms with Gasteiger partial charge in [-0.25, -0.2) is 0 Å². The van der Waals surface area contributed by atoms with Crippen molar-refractivity contribution >= 4 is 11.8 Å². The van der Waals surface area contributed by atoms with Crippen molar-refractivity contribution in [2.75, 3.05) is 0 Å². The van der Waals surface area contributed by atoms with Crippen LogP contribution in [0.3, 0.4) is 0 Å². The van der Waals surface area contributed by atoms with Crippen LogP contribution in [0.25, 0.3) is 0 Å². The standard InChI is InChI=1S/C30H48O3/c1-18(2)19(3)8-9-20(4)25-12-13-26-24-11-10-22-16-23(32)14-15-29(22,6)28(24)27(33-21(5)31)17-30(25,26)7/h14-15,18-20,22,24-28H,8-13,16-17H2,1-7H3/t19-,20+,22-,24-,25+,26+,27+,28+,29+,30-/m0/s1. The molecule has 0 saturated heterocycles. The number of ketones is 1. The van der Waals surface area contributed by atoms with Gasteiger partial charge in [-0.2, -0.15) is 0 Å². The highest BCUT2D eigenvalue weighted by atomic mass is 16.5. The smallest absolute Gasteiger partial charge is 0.302 e. The van der Waals surface area contributed by atoms with Gasteiger partial charge in [-0.3, -0.25) is 9.59 Å². The van der Waals surface area contributed by atoms with Gasteiger partial charge in [0.15, 0.2) is 5.78 Å². The predicted molar refractivity (Wildman–Crippen MR) is 133 cm³/mol. The predicted octanol–water partition coefficient (Wildman–Crippen LogP) is 7.24. The van der Waals surface area contributed by atoms with E-state index in [-0.39, 0.29) is 28.7 Å². The highest BCUT2D eigenvalue weighted by molar-refractivity contribution is 5.91. The van der Waals surface area contributed by atoms with Crippen molar-refractivity contribution in [2.45, 2.75) is 106 Å². The van der Waals surface area contributed by atoms with Crippen LogP contribution < -0.4 is 0 Å². The third-order valence-electron chi connectivity index (χ3n) is 11.2. The van der Waals surface area contributed by atoms with Gasteiger partial charge >= 0.3 is 5.97 Å². The van der Waals surface area contributed by atoms with Crippen LogP contribution in [-0.2, 0) is 14.3 Å². The Hall–Kier alpha value is -1.12. The molecule has 0 radical (unpaired) electrons. The average Bonchev–Trinajstić information content (AvgIpc) is 3.08. The molecule has 0 aromatic carbocycles. The van der Waals surface area contributed by atoms with E-state index >= 15 is 0 Å². The molecule has 0 heterocycles. The largest absolute Gasteiger partial charge is 0.462 e. The van der Waals surface area contributed by atoms with Crippen LogP contribution >= 0.6 is 0 Å². The minimum absolute atomic E-state index is 0.0261. The van der Waals surface area contributed by atoms with Crippen molar-refractivity contribution in [1.29, 1.82) is 0 Å². The summed E-state index contributed by atoms with van der Waals surface area (Å²) in [5, 5.41) is 0. The van der Waals surface area contributed by atoms with Crippen LogP contribution in [0.15, 0.2) is 12.2 Å². The summed E-state index contributed by atoms with van der Waals surface area (Å²) in [6, 6.07) is 0. The van der Waals surface area contributed by atoms with Crippen molar-refractivity contribution < 1.29 is 14.3 Å². The summed E-state index contributed by atoms with van der Waals surface area (Å²) in [5.74, 6) is 5.14. The van der Waals surface area contributed by atoms with E-state index in [0.29, 0.717) is 30.1 Å². The van der Waals surface area contributed by atoms with E-state index in [0.717, 1.165) is 36.5 Å². The molecular weight excluding hydrogens is 408 g/mol. The number of esters is 1.